The van der Waals surface area contributed by atoms with Crippen LogP contribution in [0.1, 0.15) is 30.9 Å². The van der Waals surface area contributed by atoms with Crippen LogP contribution in [0.3, 0.4) is 0 Å². The Hall–Kier alpha value is -1.42. The molecule has 1 atom stereocenters. The van der Waals surface area contributed by atoms with Gasteiger partial charge in [-0.05, 0) is 56.0 Å². The van der Waals surface area contributed by atoms with Gasteiger partial charge in [0.15, 0.2) is 0 Å². The van der Waals surface area contributed by atoms with E-state index in [0.717, 1.165) is 43.5 Å². The SMILES string of the molecule is CCC1(C(=O)NCCc2ccc(F)cc2C)CCNC1. The summed E-state index contributed by atoms with van der Waals surface area (Å²) in [5, 5.41) is 6.30. The zero-order chi connectivity index (χ0) is 14.6. The van der Waals surface area contributed by atoms with Gasteiger partial charge in [-0.25, -0.2) is 4.39 Å². The Kier molecular flexibility index (Phi) is 4.76. The van der Waals surface area contributed by atoms with Crippen LogP contribution >= 0.6 is 0 Å². The number of rotatable bonds is 5. The summed E-state index contributed by atoms with van der Waals surface area (Å²) in [5.74, 6) is -0.0676. The summed E-state index contributed by atoms with van der Waals surface area (Å²) < 4.78 is 13.0. The number of nitrogens with one attached hydrogen (secondary N) is 2. The Morgan fingerprint density at radius 3 is 2.90 bits per heavy atom. The molecule has 2 N–H and O–H groups in total. The van der Waals surface area contributed by atoms with E-state index in [9.17, 15) is 9.18 Å². The molecule has 0 saturated carbocycles. The maximum Gasteiger partial charge on any atom is 0.227 e. The van der Waals surface area contributed by atoms with Crippen LogP contribution in [0.15, 0.2) is 18.2 Å². The summed E-state index contributed by atoms with van der Waals surface area (Å²) in [5.41, 5.74) is 1.78. The normalized spacial score (nSPS) is 21.9. The van der Waals surface area contributed by atoms with E-state index in [2.05, 4.69) is 17.6 Å². The Morgan fingerprint density at radius 2 is 2.30 bits per heavy atom. The largest absolute Gasteiger partial charge is 0.355 e. The molecule has 110 valence electrons. The number of amides is 1. The van der Waals surface area contributed by atoms with Gasteiger partial charge in [0.2, 0.25) is 5.91 Å². The second-order valence-corrected chi connectivity index (χ2v) is 5.64. The standard InChI is InChI=1S/C16H23FN2O/c1-3-16(7-9-18-11-16)15(20)19-8-6-13-4-5-14(17)10-12(13)2/h4-5,10,18H,3,6-9,11H2,1-2H3,(H,19,20). The zero-order valence-corrected chi connectivity index (χ0v) is 12.3. The van der Waals surface area contributed by atoms with E-state index in [1.54, 1.807) is 6.07 Å². The molecule has 1 aromatic rings. The predicted octanol–water partition coefficient (Wildman–Crippen LogP) is 2.18. The van der Waals surface area contributed by atoms with Gasteiger partial charge in [-0.15, -0.1) is 0 Å². The van der Waals surface area contributed by atoms with Crippen molar-refractivity contribution in [2.24, 2.45) is 5.41 Å². The first-order chi connectivity index (χ1) is 9.57. The fourth-order valence-electron chi connectivity index (χ4n) is 2.84. The highest BCUT2D eigenvalue weighted by molar-refractivity contribution is 5.83. The Morgan fingerprint density at radius 1 is 1.50 bits per heavy atom. The van der Waals surface area contributed by atoms with Crippen LogP contribution in [-0.4, -0.2) is 25.5 Å². The monoisotopic (exact) mass is 278 g/mol. The zero-order valence-electron chi connectivity index (χ0n) is 12.3. The van der Waals surface area contributed by atoms with Crippen LogP contribution in [0.4, 0.5) is 4.39 Å². The lowest BCUT2D eigenvalue weighted by Crippen LogP contribution is -2.42. The molecular formula is C16H23FN2O. The number of hydrogen-bond acceptors (Lipinski definition) is 2. The molecule has 1 fully saturated rings. The lowest BCUT2D eigenvalue weighted by atomic mass is 9.83. The Labute approximate surface area is 120 Å². The molecule has 1 aliphatic rings. The Bertz CT molecular complexity index is 481. The average Bonchev–Trinajstić information content (AvgIpc) is 2.91. The number of carbonyl (C=O) groups excluding carboxylic acids is 1. The minimum Gasteiger partial charge on any atom is -0.355 e. The smallest absolute Gasteiger partial charge is 0.227 e. The third kappa shape index (κ3) is 3.18. The second-order valence-electron chi connectivity index (χ2n) is 5.64. The van der Waals surface area contributed by atoms with Crippen molar-refractivity contribution in [2.45, 2.75) is 33.1 Å². The van der Waals surface area contributed by atoms with E-state index < -0.39 is 0 Å². The maximum absolute atomic E-state index is 13.0. The molecule has 20 heavy (non-hydrogen) atoms. The van der Waals surface area contributed by atoms with Gasteiger partial charge in [0.1, 0.15) is 5.82 Å². The summed E-state index contributed by atoms with van der Waals surface area (Å²) in [6.45, 7) is 6.25. The van der Waals surface area contributed by atoms with Gasteiger partial charge >= 0.3 is 0 Å². The fourth-order valence-corrected chi connectivity index (χ4v) is 2.84. The highest BCUT2D eigenvalue weighted by Crippen LogP contribution is 2.29. The molecule has 1 heterocycles. The van der Waals surface area contributed by atoms with Crippen molar-refractivity contribution < 1.29 is 9.18 Å². The molecule has 0 bridgehead atoms. The van der Waals surface area contributed by atoms with E-state index in [4.69, 9.17) is 0 Å². The average molecular weight is 278 g/mol. The molecule has 1 aliphatic heterocycles. The van der Waals surface area contributed by atoms with E-state index in [0.29, 0.717) is 6.54 Å². The summed E-state index contributed by atoms with van der Waals surface area (Å²) in [7, 11) is 0. The van der Waals surface area contributed by atoms with E-state index in [1.165, 1.54) is 12.1 Å². The van der Waals surface area contributed by atoms with Crippen LogP contribution in [0, 0.1) is 18.2 Å². The van der Waals surface area contributed by atoms with Crippen LogP contribution in [0.25, 0.3) is 0 Å². The van der Waals surface area contributed by atoms with Crippen molar-refractivity contribution in [3.8, 4) is 0 Å². The number of benzene rings is 1. The molecule has 1 amide bonds. The molecular weight excluding hydrogens is 255 g/mol. The van der Waals surface area contributed by atoms with Crippen LogP contribution < -0.4 is 10.6 Å². The number of hydrogen-bond donors (Lipinski definition) is 2. The molecule has 1 saturated heterocycles. The molecule has 4 heteroatoms. The van der Waals surface area contributed by atoms with Crippen molar-refractivity contribution in [1.82, 2.24) is 10.6 Å². The second kappa shape index (κ2) is 6.35. The van der Waals surface area contributed by atoms with Gasteiger partial charge in [-0.1, -0.05) is 13.0 Å². The number of carbonyl (C=O) groups is 1. The van der Waals surface area contributed by atoms with Gasteiger partial charge in [0.25, 0.3) is 0 Å². The molecule has 0 aliphatic carbocycles. The van der Waals surface area contributed by atoms with Crippen molar-refractivity contribution in [3.05, 3.63) is 35.1 Å². The first-order valence-electron chi connectivity index (χ1n) is 7.31. The highest BCUT2D eigenvalue weighted by Gasteiger charge is 2.38. The first-order valence-corrected chi connectivity index (χ1v) is 7.31. The number of halogens is 1. The molecule has 0 aromatic heterocycles. The van der Waals surface area contributed by atoms with E-state index in [1.807, 2.05) is 6.92 Å². The summed E-state index contributed by atoms with van der Waals surface area (Å²) in [4.78, 5) is 12.3. The van der Waals surface area contributed by atoms with Crippen molar-refractivity contribution in [3.63, 3.8) is 0 Å². The molecule has 0 radical (unpaired) electrons. The van der Waals surface area contributed by atoms with Crippen molar-refractivity contribution >= 4 is 5.91 Å². The van der Waals surface area contributed by atoms with Gasteiger partial charge in [0.05, 0.1) is 5.41 Å². The van der Waals surface area contributed by atoms with Gasteiger partial charge in [0, 0.05) is 13.1 Å². The number of aryl methyl sites for hydroxylation is 1. The van der Waals surface area contributed by atoms with Gasteiger partial charge in [-0.3, -0.25) is 4.79 Å². The van der Waals surface area contributed by atoms with Crippen LogP contribution in [0.2, 0.25) is 0 Å². The fraction of sp³-hybridized carbons (Fsp3) is 0.562. The minimum absolute atomic E-state index is 0.143. The highest BCUT2D eigenvalue weighted by atomic mass is 19.1. The topological polar surface area (TPSA) is 41.1 Å². The van der Waals surface area contributed by atoms with Crippen molar-refractivity contribution in [2.75, 3.05) is 19.6 Å². The lowest BCUT2D eigenvalue weighted by molar-refractivity contribution is -0.130. The molecule has 0 spiro atoms. The van der Waals surface area contributed by atoms with E-state index in [-0.39, 0.29) is 17.1 Å². The minimum atomic E-state index is -0.238. The maximum atomic E-state index is 13.0. The van der Waals surface area contributed by atoms with E-state index >= 15 is 0 Å². The Balaban J connectivity index is 1.87. The molecule has 1 aromatic carbocycles. The van der Waals surface area contributed by atoms with Gasteiger partial charge in [-0.2, -0.15) is 0 Å². The van der Waals surface area contributed by atoms with Crippen molar-refractivity contribution in [1.29, 1.82) is 0 Å². The van der Waals surface area contributed by atoms with Crippen LogP contribution in [-0.2, 0) is 11.2 Å². The van der Waals surface area contributed by atoms with Crippen LogP contribution in [0.5, 0.6) is 0 Å². The predicted molar refractivity (Wildman–Crippen MR) is 78.1 cm³/mol. The summed E-state index contributed by atoms with van der Waals surface area (Å²) in [6, 6.07) is 4.80. The summed E-state index contributed by atoms with van der Waals surface area (Å²) in [6.07, 6.45) is 2.51. The van der Waals surface area contributed by atoms with Gasteiger partial charge < -0.3 is 10.6 Å². The quantitative estimate of drug-likeness (QED) is 0.867. The molecule has 3 nitrogen and oxygen atoms in total. The molecule has 2 rings (SSSR count). The molecule has 1 unspecified atom stereocenters. The first kappa shape index (κ1) is 15.0. The summed E-state index contributed by atoms with van der Waals surface area (Å²) >= 11 is 0. The third-order valence-electron chi connectivity index (χ3n) is 4.39. The third-order valence-corrected chi connectivity index (χ3v) is 4.39. The lowest BCUT2D eigenvalue weighted by Gasteiger charge is -2.25.